The second-order valence-electron chi connectivity index (χ2n) is 7.76. The Bertz CT molecular complexity index is 976. The Morgan fingerprint density at radius 1 is 1.13 bits per heavy atom. The molecule has 0 bridgehead atoms. The Morgan fingerprint density at radius 2 is 1.97 bits per heavy atom. The lowest BCUT2D eigenvalue weighted by molar-refractivity contribution is 0.0734. The highest BCUT2D eigenvalue weighted by Crippen LogP contribution is 2.22. The lowest BCUT2D eigenvalue weighted by Gasteiger charge is -2.17. The number of hydrogen-bond donors (Lipinski definition) is 1. The first-order valence-corrected chi connectivity index (χ1v) is 10.6. The first-order chi connectivity index (χ1) is 15.1. The highest BCUT2D eigenvalue weighted by Gasteiger charge is 2.33. The van der Waals surface area contributed by atoms with Crippen LogP contribution in [-0.2, 0) is 19.5 Å². The van der Waals surface area contributed by atoms with Crippen LogP contribution in [-0.4, -0.2) is 51.5 Å². The van der Waals surface area contributed by atoms with Gasteiger partial charge >= 0.3 is 0 Å². The lowest BCUT2D eigenvalue weighted by Crippen LogP contribution is -2.29. The first-order valence-electron chi connectivity index (χ1n) is 10.6. The van der Waals surface area contributed by atoms with Crippen LogP contribution in [0.15, 0.2) is 60.9 Å². The fourth-order valence-corrected chi connectivity index (χ4v) is 3.86. The van der Waals surface area contributed by atoms with E-state index in [1.807, 2.05) is 36.7 Å². The van der Waals surface area contributed by atoms with E-state index in [9.17, 15) is 9.50 Å². The van der Waals surface area contributed by atoms with Crippen molar-refractivity contribution < 1.29 is 19.0 Å². The minimum Gasteiger partial charge on any atom is -0.492 e. The zero-order valence-electron chi connectivity index (χ0n) is 17.7. The molecule has 164 valence electrons. The van der Waals surface area contributed by atoms with Gasteiger partial charge in [0.05, 0.1) is 6.54 Å². The van der Waals surface area contributed by atoms with Gasteiger partial charge in [0.25, 0.3) is 0 Å². The van der Waals surface area contributed by atoms with Gasteiger partial charge in [-0.3, -0.25) is 4.90 Å². The number of nitrogens with zero attached hydrogens (tertiary/aromatic N) is 3. The highest BCUT2D eigenvalue weighted by molar-refractivity contribution is 5.27. The third-order valence-corrected chi connectivity index (χ3v) is 5.44. The largest absolute Gasteiger partial charge is 0.492 e. The average molecular weight is 426 g/mol. The van der Waals surface area contributed by atoms with Crippen LogP contribution in [0.5, 0.6) is 11.5 Å². The number of hydrogen-bond acceptors (Lipinski definition) is 5. The standard InChI is InChI=1S/C24H28FN3O3/c1-2-24-26-10-11-28(24)12-13-30-20-8-6-18(7-9-20)15-27-16-22(29)23(17-27)31-21-5-3-4-19(25)14-21/h3-11,14,22-23,29H,2,12-13,15-17H2,1H3/t22-,23-/m0/s1. The number of benzene rings is 2. The second kappa shape index (κ2) is 9.94. The summed E-state index contributed by atoms with van der Waals surface area (Å²) in [5.74, 6) is 1.98. The van der Waals surface area contributed by atoms with Crippen molar-refractivity contribution in [2.45, 2.75) is 38.6 Å². The Labute approximate surface area is 181 Å². The van der Waals surface area contributed by atoms with Crippen LogP contribution < -0.4 is 9.47 Å². The summed E-state index contributed by atoms with van der Waals surface area (Å²) in [4.78, 5) is 6.45. The molecule has 2 aromatic carbocycles. The zero-order valence-corrected chi connectivity index (χ0v) is 17.7. The average Bonchev–Trinajstić information content (AvgIpc) is 3.35. The molecule has 0 amide bonds. The molecule has 2 atom stereocenters. The van der Waals surface area contributed by atoms with Gasteiger partial charge in [0.2, 0.25) is 0 Å². The molecule has 1 aromatic heterocycles. The van der Waals surface area contributed by atoms with Crippen LogP contribution in [0.4, 0.5) is 4.39 Å². The van der Waals surface area contributed by atoms with Crippen LogP contribution in [0.2, 0.25) is 0 Å². The Hall–Kier alpha value is -2.90. The van der Waals surface area contributed by atoms with Gasteiger partial charge < -0.3 is 19.1 Å². The van der Waals surface area contributed by atoms with Crippen molar-refractivity contribution in [1.29, 1.82) is 0 Å². The molecule has 0 unspecified atom stereocenters. The van der Waals surface area contributed by atoms with Crippen molar-refractivity contribution in [1.82, 2.24) is 14.5 Å². The number of halogens is 1. The van der Waals surface area contributed by atoms with Gasteiger partial charge in [0, 0.05) is 44.5 Å². The number of ether oxygens (including phenoxy) is 2. The molecule has 0 aliphatic carbocycles. The molecule has 1 aliphatic heterocycles. The van der Waals surface area contributed by atoms with E-state index in [4.69, 9.17) is 9.47 Å². The fourth-order valence-electron chi connectivity index (χ4n) is 3.86. The summed E-state index contributed by atoms with van der Waals surface area (Å²) in [5.41, 5.74) is 1.13. The maximum absolute atomic E-state index is 13.4. The number of imidazole rings is 1. The number of rotatable bonds is 9. The Balaban J connectivity index is 1.25. The van der Waals surface area contributed by atoms with E-state index in [1.54, 1.807) is 12.1 Å². The van der Waals surface area contributed by atoms with Gasteiger partial charge in [-0.25, -0.2) is 9.37 Å². The van der Waals surface area contributed by atoms with Crippen molar-refractivity contribution in [2.24, 2.45) is 0 Å². The molecule has 1 saturated heterocycles. The number of β-amino-alcohol motifs (C(OH)–C–C–N with tert-alkyl or cyclic N) is 1. The van der Waals surface area contributed by atoms with Gasteiger partial charge in [-0.1, -0.05) is 25.1 Å². The van der Waals surface area contributed by atoms with Gasteiger partial charge in [-0.15, -0.1) is 0 Å². The smallest absolute Gasteiger partial charge is 0.138 e. The van der Waals surface area contributed by atoms with Crippen LogP contribution in [0, 0.1) is 5.82 Å². The number of aromatic nitrogens is 2. The third kappa shape index (κ3) is 5.62. The predicted octanol–water partition coefficient (Wildman–Crippen LogP) is 3.29. The molecule has 31 heavy (non-hydrogen) atoms. The second-order valence-corrected chi connectivity index (χ2v) is 7.76. The molecular formula is C24H28FN3O3. The number of aryl methyl sites for hydroxylation is 1. The topological polar surface area (TPSA) is 59.8 Å². The van der Waals surface area contributed by atoms with Gasteiger partial charge in [-0.05, 0) is 29.8 Å². The first kappa shape index (κ1) is 21.3. The number of aliphatic hydroxyl groups excluding tert-OH is 1. The summed E-state index contributed by atoms with van der Waals surface area (Å²) in [7, 11) is 0. The number of aliphatic hydroxyl groups is 1. The van der Waals surface area contributed by atoms with E-state index < -0.39 is 6.10 Å². The molecule has 1 fully saturated rings. The van der Waals surface area contributed by atoms with E-state index in [0.717, 1.165) is 30.1 Å². The zero-order chi connectivity index (χ0) is 21.6. The number of likely N-dealkylation sites (tertiary alicyclic amines) is 1. The minimum atomic E-state index is -0.609. The van der Waals surface area contributed by atoms with Gasteiger partial charge in [0.15, 0.2) is 0 Å². The molecule has 0 spiro atoms. The molecule has 3 aromatic rings. The summed E-state index contributed by atoms with van der Waals surface area (Å²) in [6.45, 7) is 5.25. The Kier molecular flexibility index (Phi) is 6.84. The molecule has 0 radical (unpaired) electrons. The molecule has 1 aliphatic rings. The predicted molar refractivity (Wildman–Crippen MR) is 116 cm³/mol. The molecule has 6 nitrogen and oxygen atoms in total. The van der Waals surface area contributed by atoms with Crippen LogP contribution in [0.3, 0.4) is 0 Å². The van der Waals surface area contributed by atoms with Crippen molar-refractivity contribution in [3.05, 3.63) is 78.1 Å². The van der Waals surface area contributed by atoms with E-state index in [2.05, 4.69) is 21.4 Å². The van der Waals surface area contributed by atoms with Crippen LogP contribution in [0.25, 0.3) is 0 Å². The van der Waals surface area contributed by atoms with Crippen molar-refractivity contribution >= 4 is 0 Å². The maximum atomic E-state index is 13.4. The minimum absolute atomic E-state index is 0.347. The molecule has 4 rings (SSSR count). The molecule has 7 heteroatoms. The van der Waals surface area contributed by atoms with Crippen LogP contribution in [0.1, 0.15) is 18.3 Å². The van der Waals surface area contributed by atoms with Gasteiger partial charge in [0.1, 0.15) is 42.0 Å². The lowest BCUT2D eigenvalue weighted by atomic mass is 10.2. The van der Waals surface area contributed by atoms with Crippen molar-refractivity contribution in [3.8, 4) is 11.5 Å². The Morgan fingerprint density at radius 3 is 2.74 bits per heavy atom. The van der Waals surface area contributed by atoms with Crippen molar-refractivity contribution in [2.75, 3.05) is 19.7 Å². The fraction of sp³-hybridized carbons (Fsp3) is 0.375. The van der Waals surface area contributed by atoms with Gasteiger partial charge in [-0.2, -0.15) is 0 Å². The molecule has 0 saturated carbocycles. The highest BCUT2D eigenvalue weighted by atomic mass is 19.1. The normalized spacial score (nSPS) is 18.9. The third-order valence-electron chi connectivity index (χ3n) is 5.44. The monoisotopic (exact) mass is 425 g/mol. The summed E-state index contributed by atoms with van der Waals surface area (Å²) in [6, 6.07) is 14.0. The van der Waals surface area contributed by atoms with E-state index in [0.29, 0.717) is 32.0 Å². The SMILES string of the molecule is CCc1nccn1CCOc1ccc(CN2C[C@H](Oc3cccc(F)c3)[C@@H](O)C2)cc1. The summed E-state index contributed by atoms with van der Waals surface area (Å²) in [5, 5.41) is 10.3. The van der Waals surface area contributed by atoms with E-state index in [1.165, 1.54) is 12.1 Å². The molecule has 1 N–H and O–H groups in total. The summed E-state index contributed by atoms with van der Waals surface area (Å²) < 4.78 is 27.1. The maximum Gasteiger partial charge on any atom is 0.138 e. The van der Waals surface area contributed by atoms with Crippen molar-refractivity contribution in [3.63, 3.8) is 0 Å². The van der Waals surface area contributed by atoms with E-state index >= 15 is 0 Å². The van der Waals surface area contributed by atoms with E-state index in [-0.39, 0.29) is 11.9 Å². The summed E-state index contributed by atoms with van der Waals surface area (Å²) in [6.07, 6.45) is 3.71. The summed E-state index contributed by atoms with van der Waals surface area (Å²) >= 11 is 0. The molecule has 2 heterocycles. The quantitative estimate of drug-likeness (QED) is 0.570. The molecular weight excluding hydrogens is 397 g/mol. The van der Waals surface area contributed by atoms with Crippen LogP contribution >= 0.6 is 0 Å².